The molecule has 3 rings (SSSR count). The molecule has 3 aromatic rings. The number of nitrogens with zero attached hydrogens (tertiary/aromatic N) is 5. The lowest BCUT2D eigenvalue weighted by molar-refractivity contribution is 0.0520. The summed E-state index contributed by atoms with van der Waals surface area (Å²) in [6, 6.07) is 10.8. The maximum absolute atomic E-state index is 12.7. The van der Waals surface area contributed by atoms with Gasteiger partial charge < -0.3 is 0 Å². The van der Waals surface area contributed by atoms with Gasteiger partial charge in [-0.05, 0) is 11.6 Å². The fourth-order valence-corrected chi connectivity index (χ4v) is 2.01. The first-order valence-electron chi connectivity index (χ1n) is 6.70. The van der Waals surface area contributed by atoms with Crippen molar-refractivity contribution in [1.82, 2.24) is 24.5 Å². The van der Waals surface area contributed by atoms with Crippen LogP contribution in [0.4, 0.5) is 14.7 Å². The highest BCUT2D eigenvalue weighted by Crippen LogP contribution is 2.13. The van der Waals surface area contributed by atoms with E-state index in [1.54, 1.807) is 0 Å². The number of carbonyl (C=O) groups excluding carboxylic acids is 1. The zero-order valence-electron chi connectivity index (χ0n) is 11.8. The zero-order valence-corrected chi connectivity index (χ0v) is 11.8. The van der Waals surface area contributed by atoms with Gasteiger partial charge in [0.05, 0.1) is 6.54 Å². The summed E-state index contributed by atoms with van der Waals surface area (Å²) in [5, 5.41) is 9.86. The SMILES string of the molecule is O=C(Nc1ncn(Cc2ccccc2)n1)c1ccnn1C(F)F. The number of benzene rings is 1. The Morgan fingerprint density at radius 2 is 2.00 bits per heavy atom. The number of hydrogen-bond donors (Lipinski definition) is 1. The summed E-state index contributed by atoms with van der Waals surface area (Å²) < 4.78 is 27.2. The van der Waals surface area contributed by atoms with Crippen molar-refractivity contribution < 1.29 is 13.6 Å². The molecule has 0 radical (unpaired) electrons. The van der Waals surface area contributed by atoms with Crippen molar-refractivity contribution in [3.63, 3.8) is 0 Å². The highest BCUT2D eigenvalue weighted by molar-refractivity contribution is 6.01. The topological polar surface area (TPSA) is 77.6 Å². The number of anilines is 1. The van der Waals surface area contributed by atoms with E-state index in [0.29, 0.717) is 11.2 Å². The minimum Gasteiger partial charge on any atom is -0.288 e. The van der Waals surface area contributed by atoms with Crippen LogP contribution >= 0.6 is 0 Å². The monoisotopic (exact) mass is 318 g/mol. The molecule has 0 unspecified atom stereocenters. The summed E-state index contributed by atoms with van der Waals surface area (Å²) >= 11 is 0. The Labute approximate surface area is 129 Å². The first kappa shape index (κ1) is 14.8. The Balaban J connectivity index is 1.69. The predicted molar refractivity (Wildman–Crippen MR) is 77.0 cm³/mol. The van der Waals surface area contributed by atoms with Crippen LogP contribution in [0.1, 0.15) is 22.6 Å². The maximum atomic E-state index is 12.7. The molecule has 0 aliphatic heterocycles. The van der Waals surface area contributed by atoms with Gasteiger partial charge in [-0.25, -0.2) is 9.67 Å². The molecule has 9 heteroatoms. The molecule has 0 atom stereocenters. The number of alkyl halides is 2. The van der Waals surface area contributed by atoms with Crippen molar-refractivity contribution in [2.24, 2.45) is 0 Å². The number of hydrogen-bond acceptors (Lipinski definition) is 4. The van der Waals surface area contributed by atoms with Crippen LogP contribution in [0.15, 0.2) is 48.9 Å². The standard InChI is InChI=1S/C14H12F2N6O/c15-13(16)22-11(6-7-18-22)12(23)19-14-17-9-21(20-14)8-10-4-2-1-3-5-10/h1-7,9,13H,8H2,(H,19,20,23). The summed E-state index contributed by atoms with van der Waals surface area (Å²) in [7, 11) is 0. The lowest BCUT2D eigenvalue weighted by Gasteiger charge is -2.05. The maximum Gasteiger partial charge on any atom is 0.333 e. The van der Waals surface area contributed by atoms with E-state index in [-0.39, 0.29) is 11.6 Å². The average molecular weight is 318 g/mol. The van der Waals surface area contributed by atoms with E-state index in [9.17, 15) is 13.6 Å². The molecular formula is C14H12F2N6O. The second-order valence-electron chi connectivity index (χ2n) is 4.64. The number of rotatable bonds is 5. The van der Waals surface area contributed by atoms with Gasteiger partial charge in [0.1, 0.15) is 12.0 Å². The molecular weight excluding hydrogens is 306 g/mol. The molecule has 2 heterocycles. The molecule has 1 aromatic carbocycles. The van der Waals surface area contributed by atoms with Gasteiger partial charge in [-0.1, -0.05) is 30.3 Å². The summed E-state index contributed by atoms with van der Waals surface area (Å²) in [6.45, 7) is -2.41. The summed E-state index contributed by atoms with van der Waals surface area (Å²) in [4.78, 5) is 15.9. The smallest absolute Gasteiger partial charge is 0.288 e. The Morgan fingerprint density at radius 3 is 2.74 bits per heavy atom. The van der Waals surface area contributed by atoms with Crippen LogP contribution < -0.4 is 5.32 Å². The van der Waals surface area contributed by atoms with Gasteiger partial charge >= 0.3 is 6.55 Å². The second-order valence-corrected chi connectivity index (χ2v) is 4.64. The van der Waals surface area contributed by atoms with Crippen molar-refractivity contribution in [2.45, 2.75) is 13.1 Å². The van der Waals surface area contributed by atoms with Crippen molar-refractivity contribution in [2.75, 3.05) is 5.32 Å². The number of halogens is 2. The van der Waals surface area contributed by atoms with Gasteiger partial charge in [0, 0.05) is 6.20 Å². The lowest BCUT2D eigenvalue weighted by atomic mass is 10.2. The van der Waals surface area contributed by atoms with Crippen molar-refractivity contribution in [1.29, 1.82) is 0 Å². The van der Waals surface area contributed by atoms with E-state index >= 15 is 0 Å². The van der Waals surface area contributed by atoms with Gasteiger partial charge in [-0.2, -0.15) is 18.6 Å². The highest BCUT2D eigenvalue weighted by atomic mass is 19.3. The fraction of sp³-hybridized carbons (Fsp3) is 0.143. The van der Waals surface area contributed by atoms with Gasteiger partial charge in [0.2, 0.25) is 5.95 Å². The average Bonchev–Trinajstić information content (AvgIpc) is 3.17. The summed E-state index contributed by atoms with van der Waals surface area (Å²) in [5.74, 6) is -0.715. The molecule has 1 amide bonds. The van der Waals surface area contributed by atoms with Crippen LogP contribution in [-0.4, -0.2) is 30.5 Å². The normalized spacial score (nSPS) is 10.9. The molecule has 2 aromatic heterocycles. The molecule has 0 saturated carbocycles. The first-order valence-corrected chi connectivity index (χ1v) is 6.70. The molecule has 0 aliphatic rings. The Bertz CT molecular complexity index is 798. The zero-order chi connectivity index (χ0) is 16.2. The minimum atomic E-state index is -2.89. The highest BCUT2D eigenvalue weighted by Gasteiger charge is 2.19. The Kier molecular flexibility index (Phi) is 4.09. The third-order valence-corrected chi connectivity index (χ3v) is 3.04. The van der Waals surface area contributed by atoms with Gasteiger partial charge in [-0.3, -0.25) is 10.1 Å². The van der Waals surface area contributed by atoms with Crippen molar-refractivity contribution >= 4 is 11.9 Å². The van der Waals surface area contributed by atoms with Gasteiger partial charge in [0.15, 0.2) is 0 Å². The van der Waals surface area contributed by atoms with Crippen LogP contribution in [0.2, 0.25) is 0 Å². The van der Waals surface area contributed by atoms with E-state index in [1.165, 1.54) is 17.1 Å². The number of aromatic nitrogens is 5. The van der Waals surface area contributed by atoms with Crippen molar-refractivity contribution in [3.8, 4) is 0 Å². The van der Waals surface area contributed by atoms with E-state index < -0.39 is 12.5 Å². The predicted octanol–water partition coefficient (Wildman–Crippen LogP) is 2.17. The van der Waals surface area contributed by atoms with Crippen LogP contribution in [0, 0.1) is 0 Å². The summed E-state index contributed by atoms with van der Waals surface area (Å²) in [6.07, 6.45) is 2.58. The number of carbonyl (C=O) groups is 1. The Hall–Kier alpha value is -3.10. The van der Waals surface area contributed by atoms with E-state index in [1.807, 2.05) is 30.3 Å². The van der Waals surface area contributed by atoms with E-state index in [4.69, 9.17) is 0 Å². The van der Waals surface area contributed by atoms with Crippen LogP contribution in [0.3, 0.4) is 0 Å². The van der Waals surface area contributed by atoms with Gasteiger partial charge in [-0.15, -0.1) is 5.10 Å². The molecule has 7 nitrogen and oxygen atoms in total. The second kappa shape index (κ2) is 6.34. The van der Waals surface area contributed by atoms with Crippen LogP contribution in [-0.2, 0) is 6.54 Å². The summed E-state index contributed by atoms with van der Waals surface area (Å²) in [5.41, 5.74) is 0.755. The molecule has 0 fully saturated rings. The molecule has 0 spiro atoms. The minimum absolute atomic E-state index is 0.0351. The number of nitrogens with one attached hydrogen (secondary N) is 1. The van der Waals surface area contributed by atoms with Crippen molar-refractivity contribution in [3.05, 3.63) is 60.2 Å². The Morgan fingerprint density at radius 1 is 1.22 bits per heavy atom. The van der Waals surface area contributed by atoms with Crippen LogP contribution in [0.25, 0.3) is 0 Å². The van der Waals surface area contributed by atoms with E-state index in [2.05, 4.69) is 20.5 Å². The third kappa shape index (κ3) is 3.39. The van der Waals surface area contributed by atoms with Crippen LogP contribution in [0.5, 0.6) is 0 Å². The molecule has 0 saturated heterocycles. The fourth-order valence-electron chi connectivity index (χ4n) is 2.01. The number of amides is 1. The molecule has 0 aliphatic carbocycles. The largest absolute Gasteiger partial charge is 0.333 e. The molecule has 0 bridgehead atoms. The molecule has 118 valence electrons. The van der Waals surface area contributed by atoms with E-state index in [0.717, 1.165) is 11.8 Å². The lowest BCUT2D eigenvalue weighted by Crippen LogP contribution is -2.19. The first-order chi connectivity index (χ1) is 11.1. The van der Waals surface area contributed by atoms with Gasteiger partial charge in [0.25, 0.3) is 5.91 Å². The third-order valence-electron chi connectivity index (χ3n) is 3.04. The quantitative estimate of drug-likeness (QED) is 0.782. The molecule has 1 N–H and O–H groups in total. The molecule has 23 heavy (non-hydrogen) atoms.